The third-order valence-electron chi connectivity index (χ3n) is 3.28. The van der Waals surface area contributed by atoms with Gasteiger partial charge in [0.2, 0.25) is 0 Å². The number of carboxylic acid groups (broad SMARTS) is 1. The van der Waals surface area contributed by atoms with Crippen LogP contribution in [0.15, 0.2) is 59.1 Å². The average molecular weight is 326 g/mol. The number of halogens is 1. The second-order valence-electron chi connectivity index (χ2n) is 4.83. The van der Waals surface area contributed by atoms with Crippen molar-refractivity contribution in [3.8, 4) is 11.3 Å². The molecule has 0 amide bonds. The molecule has 5 heteroatoms. The van der Waals surface area contributed by atoms with Crippen molar-refractivity contribution in [2.45, 2.75) is 0 Å². The van der Waals surface area contributed by atoms with E-state index >= 15 is 0 Å². The molecular weight excluding hydrogens is 314 g/mol. The summed E-state index contributed by atoms with van der Waals surface area (Å²) in [4.78, 5) is 11.6. The molecule has 3 rings (SSSR count). The first-order valence-electron chi connectivity index (χ1n) is 6.87. The van der Waals surface area contributed by atoms with Gasteiger partial charge in [-0.05, 0) is 23.8 Å². The van der Waals surface area contributed by atoms with Gasteiger partial charge < -0.3 is 9.63 Å². The van der Waals surface area contributed by atoms with Crippen LogP contribution < -0.4 is 0 Å². The number of hydrogen-bond donors (Lipinski definition) is 1. The topological polar surface area (TPSA) is 63.3 Å². The molecule has 2 aromatic carbocycles. The third-order valence-corrected chi connectivity index (χ3v) is 3.53. The van der Waals surface area contributed by atoms with E-state index in [-0.39, 0.29) is 17.0 Å². The Morgan fingerprint density at radius 2 is 1.74 bits per heavy atom. The minimum atomic E-state index is -1.09. The molecule has 0 bridgehead atoms. The van der Waals surface area contributed by atoms with Crippen molar-refractivity contribution in [1.29, 1.82) is 0 Å². The van der Waals surface area contributed by atoms with Gasteiger partial charge >= 0.3 is 5.97 Å². The van der Waals surface area contributed by atoms with Crippen LogP contribution >= 0.6 is 11.6 Å². The van der Waals surface area contributed by atoms with Gasteiger partial charge in [0.05, 0.1) is 0 Å². The summed E-state index contributed by atoms with van der Waals surface area (Å²) in [6, 6.07) is 16.3. The van der Waals surface area contributed by atoms with Gasteiger partial charge in [-0.15, -0.1) is 0 Å². The zero-order valence-corrected chi connectivity index (χ0v) is 12.7. The molecular formula is C18H12ClNO3. The predicted octanol–water partition coefficient (Wildman–Crippen LogP) is 4.86. The first-order chi connectivity index (χ1) is 11.1. The lowest BCUT2D eigenvalue weighted by Gasteiger charge is -1.98. The Hall–Kier alpha value is -2.85. The van der Waals surface area contributed by atoms with Crippen LogP contribution in [-0.4, -0.2) is 16.2 Å². The summed E-state index contributed by atoms with van der Waals surface area (Å²) in [5.74, 6) is -0.893. The molecule has 0 radical (unpaired) electrons. The monoisotopic (exact) mass is 325 g/mol. The summed E-state index contributed by atoms with van der Waals surface area (Å²) >= 11 is 5.85. The van der Waals surface area contributed by atoms with E-state index in [2.05, 4.69) is 5.16 Å². The largest absolute Gasteiger partial charge is 0.477 e. The Balaban J connectivity index is 2.01. The highest BCUT2D eigenvalue weighted by Crippen LogP contribution is 2.28. The fourth-order valence-corrected chi connectivity index (χ4v) is 2.29. The zero-order valence-electron chi connectivity index (χ0n) is 11.9. The molecule has 114 valence electrons. The molecule has 4 nitrogen and oxygen atoms in total. The molecule has 0 fully saturated rings. The molecule has 0 aliphatic rings. The minimum Gasteiger partial charge on any atom is -0.477 e. The summed E-state index contributed by atoms with van der Waals surface area (Å²) < 4.78 is 5.21. The summed E-state index contributed by atoms with van der Waals surface area (Å²) in [6.45, 7) is 0. The lowest BCUT2D eigenvalue weighted by molar-refractivity contribution is 0.0696. The van der Waals surface area contributed by atoms with Gasteiger partial charge in [0.1, 0.15) is 11.3 Å². The number of carbonyl (C=O) groups is 1. The number of aromatic carboxylic acids is 1. The van der Waals surface area contributed by atoms with Crippen molar-refractivity contribution in [2.75, 3.05) is 0 Å². The molecule has 3 aromatic rings. The summed E-state index contributed by atoms with van der Waals surface area (Å²) in [7, 11) is 0. The molecule has 1 aromatic heterocycles. The standard InChI is InChI=1S/C18H12ClNO3/c19-14-9-7-13(8-10-14)17-16(18(21)22)15(23-20-17)11-6-12-4-2-1-3-5-12/h1-11H,(H,21,22)/b11-6+. The van der Waals surface area contributed by atoms with Crippen LogP contribution in [-0.2, 0) is 0 Å². The Morgan fingerprint density at radius 1 is 1.04 bits per heavy atom. The van der Waals surface area contributed by atoms with Crippen LogP contribution in [0.3, 0.4) is 0 Å². The van der Waals surface area contributed by atoms with E-state index in [1.165, 1.54) is 0 Å². The summed E-state index contributed by atoms with van der Waals surface area (Å²) in [5, 5.41) is 14.0. The highest BCUT2D eigenvalue weighted by molar-refractivity contribution is 6.30. The summed E-state index contributed by atoms with van der Waals surface area (Å²) in [5.41, 5.74) is 1.88. The van der Waals surface area contributed by atoms with E-state index in [1.807, 2.05) is 30.3 Å². The van der Waals surface area contributed by atoms with Gasteiger partial charge in [-0.2, -0.15) is 0 Å². The molecule has 0 saturated heterocycles. The van der Waals surface area contributed by atoms with Crippen molar-refractivity contribution in [1.82, 2.24) is 5.16 Å². The van der Waals surface area contributed by atoms with E-state index in [0.29, 0.717) is 10.6 Å². The van der Waals surface area contributed by atoms with Gasteiger partial charge in [0.15, 0.2) is 5.76 Å². The highest BCUT2D eigenvalue weighted by atomic mass is 35.5. The number of rotatable bonds is 4. The molecule has 0 aliphatic carbocycles. The molecule has 1 heterocycles. The molecule has 0 spiro atoms. The SMILES string of the molecule is O=C(O)c1c(-c2ccc(Cl)cc2)noc1/C=C/c1ccccc1. The number of aromatic nitrogens is 1. The van der Waals surface area contributed by atoms with E-state index < -0.39 is 5.97 Å². The van der Waals surface area contributed by atoms with Crippen LogP contribution in [0.25, 0.3) is 23.4 Å². The lowest BCUT2D eigenvalue weighted by atomic mass is 10.1. The minimum absolute atomic E-state index is 0.0273. The van der Waals surface area contributed by atoms with Gasteiger partial charge in [0.25, 0.3) is 0 Å². The van der Waals surface area contributed by atoms with Gasteiger partial charge in [0, 0.05) is 10.6 Å². The Bertz CT molecular complexity index is 852. The van der Waals surface area contributed by atoms with Crippen LogP contribution in [0.1, 0.15) is 21.7 Å². The highest BCUT2D eigenvalue weighted by Gasteiger charge is 2.22. The average Bonchev–Trinajstić information content (AvgIpc) is 2.99. The van der Waals surface area contributed by atoms with Crippen molar-refractivity contribution in [3.05, 3.63) is 76.5 Å². The molecule has 0 unspecified atom stereocenters. The lowest BCUT2D eigenvalue weighted by Crippen LogP contribution is -1.99. The zero-order chi connectivity index (χ0) is 16.2. The maximum atomic E-state index is 11.6. The van der Waals surface area contributed by atoms with Gasteiger partial charge in [-0.25, -0.2) is 4.79 Å². The number of hydrogen-bond acceptors (Lipinski definition) is 3. The van der Waals surface area contributed by atoms with Crippen molar-refractivity contribution in [2.24, 2.45) is 0 Å². The Morgan fingerprint density at radius 3 is 2.39 bits per heavy atom. The van der Waals surface area contributed by atoms with Gasteiger partial charge in [-0.3, -0.25) is 0 Å². The fraction of sp³-hybridized carbons (Fsp3) is 0. The molecule has 1 N–H and O–H groups in total. The van der Waals surface area contributed by atoms with Crippen LogP contribution in [0.4, 0.5) is 0 Å². The Kier molecular flexibility index (Phi) is 4.26. The Labute approximate surface area is 137 Å². The predicted molar refractivity (Wildman–Crippen MR) is 89.3 cm³/mol. The van der Waals surface area contributed by atoms with Crippen molar-refractivity contribution in [3.63, 3.8) is 0 Å². The van der Waals surface area contributed by atoms with Crippen molar-refractivity contribution < 1.29 is 14.4 Å². The third kappa shape index (κ3) is 3.33. The quantitative estimate of drug-likeness (QED) is 0.743. The normalized spacial score (nSPS) is 11.0. The number of nitrogens with zero attached hydrogens (tertiary/aromatic N) is 1. The molecule has 0 saturated carbocycles. The second-order valence-corrected chi connectivity index (χ2v) is 5.26. The molecule has 23 heavy (non-hydrogen) atoms. The second kappa shape index (κ2) is 6.50. The fourth-order valence-electron chi connectivity index (χ4n) is 2.16. The number of carboxylic acids is 1. The first-order valence-corrected chi connectivity index (χ1v) is 7.25. The first kappa shape index (κ1) is 15.1. The van der Waals surface area contributed by atoms with Crippen molar-refractivity contribution >= 4 is 29.7 Å². The van der Waals surface area contributed by atoms with Crippen LogP contribution in [0.5, 0.6) is 0 Å². The van der Waals surface area contributed by atoms with E-state index in [9.17, 15) is 9.90 Å². The van der Waals surface area contributed by atoms with E-state index in [4.69, 9.17) is 16.1 Å². The molecule has 0 aliphatic heterocycles. The molecule has 0 atom stereocenters. The maximum Gasteiger partial charge on any atom is 0.341 e. The van der Waals surface area contributed by atoms with E-state index in [1.54, 1.807) is 36.4 Å². The van der Waals surface area contributed by atoms with Gasteiger partial charge in [-0.1, -0.05) is 65.3 Å². The van der Waals surface area contributed by atoms with Crippen LogP contribution in [0.2, 0.25) is 5.02 Å². The summed E-state index contributed by atoms with van der Waals surface area (Å²) in [6.07, 6.45) is 3.38. The van der Waals surface area contributed by atoms with Crippen LogP contribution in [0, 0.1) is 0 Å². The number of benzene rings is 2. The van der Waals surface area contributed by atoms with E-state index in [0.717, 1.165) is 5.56 Å². The maximum absolute atomic E-state index is 11.6. The smallest absolute Gasteiger partial charge is 0.341 e.